The summed E-state index contributed by atoms with van der Waals surface area (Å²) in [6, 6.07) is 7.07. The Kier molecular flexibility index (Phi) is 5.07. The zero-order valence-electron chi connectivity index (χ0n) is 13.3. The molecule has 2 heterocycles. The lowest BCUT2D eigenvalue weighted by Crippen LogP contribution is -2.19. The van der Waals surface area contributed by atoms with Crippen LogP contribution in [0.25, 0.3) is 11.7 Å². The summed E-state index contributed by atoms with van der Waals surface area (Å²) >= 11 is 5.88. The SMILES string of the molecule is CNS(=O)(=O)c1cc(C(=O)OCc2nnc(-c3ccco3)o2)ccc1Cl. The van der Waals surface area contributed by atoms with Gasteiger partial charge in [-0.15, -0.1) is 10.2 Å². The number of carbonyl (C=O) groups excluding carboxylic acids is 1. The van der Waals surface area contributed by atoms with Gasteiger partial charge in [-0.1, -0.05) is 11.6 Å². The predicted molar refractivity (Wildman–Crippen MR) is 88.8 cm³/mol. The van der Waals surface area contributed by atoms with E-state index in [0.29, 0.717) is 5.76 Å². The van der Waals surface area contributed by atoms with Crippen molar-refractivity contribution >= 4 is 27.6 Å². The van der Waals surface area contributed by atoms with E-state index in [2.05, 4.69) is 14.9 Å². The van der Waals surface area contributed by atoms with E-state index in [4.69, 9.17) is 25.2 Å². The molecule has 0 saturated carbocycles. The van der Waals surface area contributed by atoms with E-state index >= 15 is 0 Å². The lowest BCUT2D eigenvalue weighted by Gasteiger charge is -2.07. The first-order valence-electron chi connectivity index (χ1n) is 7.17. The van der Waals surface area contributed by atoms with Gasteiger partial charge in [0.05, 0.1) is 16.8 Å². The number of esters is 1. The third-order valence-electron chi connectivity index (χ3n) is 3.25. The normalized spacial score (nSPS) is 11.5. The fourth-order valence-electron chi connectivity index (χ4n) is 1.97. The van der Waals surface area contributed by atoms with Crippen LogP contribution in [-0.4, -0.2) is 31.6 Å². The topological polar surface area (TPSA) is 125 Å². The summed E-state index contributed by atoms with van der Waals surface area (Å²) in [4.78, 5) is 11.9. The average molecular weight is 398 g/mol. The summed E-state index contributed by atoms with van der Waals surface area (Å²) in [6.07, 6.45) is 1.45. The zero-order chi connectivity index (χ0) is 18.7. The molecule has 0 saturated heterocycles. The molecule has 9 nitrogen and oxygen atoms in total. The minimum Gasteiger partial charge on any atom is -0.459 e. The van der Waals surface area contributed by atoms with Crippen molar-refractivity contribution in [1.82, 2.24) is 14.9 Å². The molecule has 0 unspecified atom stereocenters. The number of nitrogens with zero attached hydrogens (tertiary/aromatic N) is 2. The van der Waals surface area contributed by atoms with Gasteiger partial charge in [-0.05, 0) is 37.4 Å². The van der Waals surface area contributed by atoms with Crippen LogP contribution < -0.4 is 4.72 Å². The monoisotopic (exact) mass is 397 g/mol. The molecule has 0 fully saturated rings. The summed E-state index contributed by atoms with van der Waals surface area (Å²) in [5.41, 5.74) is 0.00833. The average Bonchev–Trinajstić information content (AvgIpc) is 3.31. The van der Waals surface area contributed by atoms with E-state index in [1.807, 2.05) is 0 Å². The molecular formula is C15H12ClN3O6S. The van der Waals surface area contributed by atoms with Crippen molar-refractivity contribution in [1.29, 1.82) is 0 Å². The van der Waals surface area contributed by atoms with E-state index in [0.717, 1.165) is 6.07 Å². The van der Waals surface area contributed by atoms with Crippen molar-refractivity contribution in [3.63, 3.8) is 0 Å². The second kappa shape index (κ2) is 7.28. The van der Waals surface area contributed by atoms with Crippen LogP contribution in [-0.2, 0) is 21.4 Å². The summed E-state index contributed by atoms with van der Waals surface area (Å²) in [5.74, 6) is -0.182. The number of halogens is 1. The molecule has 1 aromatic carbocycles. The van der Waals surface area contributed by atoms with Gasteiger partial charge in [0.25, 0.3) is 11.8 Å². The van der Waals surface area contributed by atoms with Crippen molar-refractivity contribution in [3.8, 4) is 11.7 Å². The van der Waals surface area contributed by atoms with Crippen LogP contribution in [0.1, 0.15) is 16.2 Å². The summed E-state index contributed by atoms with van der Waals surface area (Å²) in [6.45, 7) is -0.288. The van der Waals surface area contributed by atoms with Crippen molar-refractivity contribution in [2.75, 3.05) is 7.05 Å². The highest BCUT2D eigenvalue weighted by atomic mass is 35.5. The van der Waals surface area contributed by atoms with Gasteiger partial charge in [0.15, 0.2) is 12.4 Å². The van der Waals surface area contributed by atoms with Gasteiger partial charge in [-0.25, -0.2) is 17.9 Å². The Hall–Kier alpha value is -2.69. The number of nitrogens with one attached hydrogen (secondary N) is 1. The van der Waals surface area contributed by atoms with E-state index in [9.17, 15) is 13.2 Å². The molecule has 3 aromatic rings. The summed E-state index contributed by atoms with van der Waals surface area (Å²) < 4.78 is 41.4. The molecular weight excluding hydrogens is 386 g/mol. The Balaban J connectivity index is 1.72. The Morgan fingerprint density at radius 3 is 2.81 bits per heavy atom. The lowest BCUT2D eigenvalue weighted by atomic mass is 10.2. The van der Waals surface area contributed by atoms with Gasteiger partial charge in [-0.3, -0.25) is 0 Å². The van der Waals surface area contributed by atoms with E-state index in [1.54, 1.807) is 12.1 Å². The third kappa shape index (κ3) is 3.77. The highest BCUT2D eigenvalue weighted by Crippen LogP contribution is 2.23. The van der Waals surface area contributed by atoms with Crippen LogP contribution >= 0.6 is 11.6 Å². The van der Waals surface area contributed by atoms with Crippen LogP contribution in [0.4, 0.5) is 0 Å². The van der Waals surface area contributed by atoms with Gasteiger partial charge in [0.2, 0.25) is 10.0 Å². The summed E-state index contributed by atoms with van der Waals surface area (Å²) in [5, 5.41) is 7.50. The van der Waals surface area contributed by atoms with Crippen molar-refractivity contribution < 1.29 is 26.8 Å². The smallest absolute Gasteiger partial charge is 0.338 e. The first-order valence-corrected chi connectivity index (χ1v) is 9.03. The van der Waals surface area contributed by atoms with Gasteiger partial charge in [-0.2, -0.15) is 0 Å². The Morgan fingerprint density at radius 1 is 1.31 bits per heavy atom. The maximum atomic E-state index is 12.1. The minimum atomic E-state index is -3.81. The molecule has 0 atom stereocenters. The van der Waals surface area contributed by atoms with Crippen LogP contribution in [0.5, 0.6) is 0 Å². The fraction of sp³-hybridized carbons (Fsp3) is 0.133. The van der Waals surface area contributed by atoms with Gasteiger partial charge in [0, 0.05) is 0 Å². The molecule has 0 bridgehead atoms. The fourth-order valence-corrected chi connectivity index (χ4v) is 3.22. The minimum absolute atomic E-state index is 0.00833. The first-order chi connectivity index (χ1) is 12.4. The number of carbonyl (C=O) groups is 1. The number of sulfonamides is 1. The van der Waals surface area contributed by atoms with E-state index < -0.39 is 16.0 Å². The number of rotatable bonds is 6. The third-order valence-corrected chi connectivity index (χ3v) is 5.15. The molecule has 0 aliphatic rings. The number of ether oxygens (including phenoxy) is 1. The molecule has 0 aliphatic carbocycles. The van der Waals surface area contributed by atoms with Gasteiger partial charge < -0.3 is 13.6 Å². The van der Waals surface area contributed by atoms with Gasteiger partial charge >= 0.3 is 5.97 Å². The maximum Gasteiger partial charge on any atom is 0.338 e. The molecule has 0 spiro atoms. The standard InChI is InChI=1S/C15H12ClN3O6S/c1-17-26(21,22)12-7-9(4-5-10(12)16)15(20)24-8-13-18-19-14(25-13)11-3-2-6-23-11/h2-7,17H,8H2,1H3. The Bertz CT molecular complexity index is 1030. The van der Waals surface area contributed by atoms with Crippen LogP contribution in [0.2, 0.25) is 5.02 Å². The Labute approximate surface area is 153 Å². The van der Waals surface area contributed by atoms with Crippen LogP contribution in [0.15, 0.2) is 50.3 Å². The molecule has 1 N–H and O–H groups in total. The van der Waals surface area contributed by atoms with E-state index in [1.165, 1.54) is 25.4 Å². The summed E-state index contributed by atoms with van der Waals surface area (Å²) in [7, 11) is -2.58. The number of aromatic nitrogens is 2. The highest BCUT2D eigenvalue weighted by molar-refractivity contribution is 7.89. The molecule has 3 rings (SSSR count). The zero-order valence-corrected chi connectivity index (χ0v) is 14.9. The molecule has 0 amide bonds. The predicted octanol–water partition coefficient (Wildman–Crippen LogP) is 2.25. The quantitative estimate of drug-likeness (QED) is 0.628. The van der Waals surface area contributed by atoms with Crippen LogP contribution in [0, 0.1) is 0 Å². The number of furan rings is 1. The molecule has 0 aliphatic heterocycles. The molecule has 0 radical (unpaired) electrons. The van der Waals surface area contributed by atoms with Crippen molar-refractivity contribution in [2.45, 2.75) is 11.5 Å². The maximum absolute atomic E-state index is 12.1. The highest BCUT2D eigenvalue weighted by Gasteiger charge is 2.20. The van der Waals surface area contributed by atoms with E-state index in [-0.39, 0.29) is 33.9 Å². The lowest BCUT2D eigenvalue weighted by molar-refractivity contribution is 0.0438. The van der Waals surface area contributed by atoms with Crippen molar-refractivity contribution in [2.24, 2.45) is 0 Å². The van der Waals surface area contributed by atoms with Gasteiger partial charge in [0.1, 0.15) is 4.90 Å². The molecule has 26 heavy (non-hydrogen) atoms. The first kappa shape index (κ1) is 18.1. The van der Waals surface area contributed by atoms with Crippen molar-refractivity contribution in [3.05, 3.63) is 53.1 Å². The second-order valence-corrected chi connectivity index (χ2v) is 7.17. The number of hydrogen-bond donors (Lipinski definition) is 1. The molecule has 136 valence electrons. The largest absolute Gasteiger partial charge is 0.459 e. The molecule has 11 heteroatoms. The second-order valence-electron chi connectivity index (χ2n) is 4.91. The number of hydrogen-bond acceptors (Lipinski definition) is 8. The van der Waals surface area contributed by atoms with Crippen LogP contribution in [0.3, 0.4) is 0 Å². The Morgan fingerprint density at radius 2 is 2.12 bits per heavy atom. The number of benzene rings is 1. The molecule has 2 aromatic heterocycles.